The van der Waals surface area contributed by atoms with E-state index in [0.29, 0.717) is 35.0 Å². The average molecular weight is 401 g/mol. The lowest BCUT2D eigenvalue weighted by atomic mass is 9.89. The van der Waals surface area contributed by atoms with Crippen LogP contribution in [-0.2, 0) is 0 Å². The van der Waals surface area contributed by atoms with Crippen molar-refractivity contribution < 1.29 is 28.5 Å². The molecule has 3 rings (SSSR count). The van der Waals surface area contributed by atoms with Gasteiger partial charge in [0.15, 0.2) is 11.5 Å². The fraction of sp³-hybridized carbons (Fsp3) is 0.409. The Balaban J connectivity index is 1.95. The van der Waals surface area contributed by atoms with E-state index in [-0.39, 0.29) is 11.9 Å². The number of hydrogen-bond acceptors (Lipinski definition) is 6. The maximum absolute atomic E-state index is 13.1. The van der Waals surface area contributed by atoms with E-state index in [2.05, 4.69) is 5.32 Å². The molecule has 0 aromatic heterocycles. The molecular formula is C22H27NO6. The van der Waals surface area contributed by atoms with Crippen LogP contribution in [0, 0.1) is 0 Å². The van der Waals surface area contributed by atoms with Gasteiger partial charge < -0.3 is 29.0 Å². The second kappa shape index (κ2) is 8.11. The smallest absolute Gasteiger partial charge is 0.252 e. The van der Waals surface area contributed by atoms with E-state index < -0.39 is 5.60 Å². The molecule has 0 bridgehead atoms. The molecule has 0 unspecified atom stereocenters. The summed E-state index contributed by atoms with van der Waals surface area (Å²) in [5.41, 5.74) is 0.868. The zero-order chi connectivity index (χ0) is 21.2. The molecule has 1 atom stereocenters. The van der Waals surface area contributed by atoms with Crippen LogP contribution in [0.1, 0.15) is 42.2 Å². The maximum Gasteiger partial charge on any atom is 0.252 e. The van der Waals surface area contributed by atoms with Crippen LogP contribution in [0.5, 0.6) is 28.7 Å². The maximum atomic E-state index is 13.1. The van der Waals surface area contributed by atoms with E-state index in [1.165, 1.54) is 21.3 Å². The third kappa shape index (κ3) is 4.18. The lowest BCUT2D eigenvalue weighted by Crippen LogP contribution is -2.41. The monoisotopic (exact) mass is 401 g/mol. The Kier molecular flexibility index (Phi) is 5.77. The van der Waals surface area contributed by atoms with Crippen LogP contribution in [0.2, 0.25) is 0 Å². The van der Waals surface area contributed by atoms with Gasteiger partial charge in [-0.2, -0.15) is 0 Å². The van der Waals surface area contributed by atoms with E-state index in [1.54, 1.807) is 19.2 Å². The summed E-state index contributed by atoms with van der Waals surface area (Å²) < 4.78 is 27.5. The highest BCUT2D eigenvalue weighted by atomic mass is 16.5. The number of fused-ring (bicyclic) bond motifs is 1. The molecule has 1 aliphatic rings. The molecule has 0 fully saturated rings. The third-order valence-corrected chi connectivity index (χ3v) is 4.91. The van der Waals surface area contributed by atoms with Gasteiger partial charge in [0.05, 0.1) is 34.5 Å². The molecular weight excluding hydrogens is 374 g/mol. The minimum absolute atomic E-state index is 0.240. The van der Waals surface area contributed by atoms with Gasteiger partial charge in [-0.05, 0) is 44.2 Å². The van der Waals surface area contributed by atoms with Gasteiger partial charge in [-0.15, -0.1) is 0 Å². The third-order valence-electron chi connectivity index (χ3n) is 4.91. The summed E-state index contributed by atoms with van der Waals surface area (Å²) in [6.45, 7) is 4.00. The zero-order valence-electron chi connectivity index (χ0n) is 17.6. The normalized spacial score (nSPS) is 16.8. The van der Waals surface area contributed by atoms with Crippen molar-refractivity contribution in [1.82, 2.24) is 5.32 Å². The molecule has 2 aromatic rings. The van der Waals surface area contributed by atoms with Crippen LogP contribution in [0.15, 0.2) is 30.3 Å². The number of nitrogens with one attached hydrogen (secondary N) is 1. The van der Waals surface area contributed by atoms with Crippen molar-refractivity contribution in [2.75, 3.05) is 28.4 Å². The number of benzene rings is 2. The minimum Gasteiger partial charge on any atom is -0.497 e. The summed E-state index contributed by atoms with van der Waals surface area (Å²) >= 11 is 0. The van der Waals surface area contributed by atoms with E-state index in [4.69, 9.17) is 23.7 Å². The summed E-state index contributed by atoms with van der Waals surface area (Å²) in [4.78, 5) is 13.1. The molecule has 1 heterocycles. The number of carbonyl (C=O) groups is 1. The molecule has 0 saturated heterocycles. The summed E-state index contributed by atoms with van der Waals surface area (Å²) in [6.07, 6.45) is 0.614. The Morgan fingerprint density at radius 1 is 1.00 bits per heavy atom. The lowest BCUT2D eigenvalue weighted by Gasteiger charge is -2.38. The van der Waals surface area contributed by atoms with Gasteiger partial charge in [0.2, 0.25) is 5.75 Å². The molecule has 7 nitrogen and oxygen atoms in total. The largest absolute Gasteiger partial charge is 0.497 e. The number of rotatable bonds is 6. The molecule has 0 radical (unpaired) electrons. The second-order valence-corrected chi connectivity index (χ2v) is 7.41. The Hall–Kier alpha value is -3.09. The van der Waals surface area contributed by atoms with Crippen LogP contribution >= 0.6 is 0 Å². The van der Waals surface area contributed by atoms with Crippen LogP contribution in [0.3, 0.4) is 0 Å². The van der Waals surface area contributed by atoms with Gasteiger partial charge in [0.25, 0.3) is 5.91 Å². The lowest BCUT2D eigenvalue weighted by molar-refractivity contribution is 0.0617. The van der Waals surface area contributed by atoms with Gasteiger partial charge in [-0.25, -0.2) is 0 Å². The first kappa shape index (κ1) is 20.6. The molecule has 0 spiro atoms. The number of hydrogen-bond donors (Lipinski definition) is 1. The van der Waals surface area contributed by atoms with Gasteiger partial charge in [-0.3, -0.25) is 4.79 Å². The number of amides is 1. The van der Waals surface area contributed by atoms with Crippen molar-refractivity contribution in [3.8, 4) is 28.7 Å². The standard InChI is InChI=1S/C22H27NO6/c1-22(2)12-16(15-11-14(25-3)7-8-17(15)29-22)23-21(24)13-9-18(26-4)20(28-6)19(10-13)27-5/h7-11,16H,12H2,1-6H3,(H,23,24)/t16-/m1/s1. The van der Waals surface area contributed by atoms with E-state index in [1.807, 2.05) is 32.0 Å². The highest BCUT2D eigenvalue weighted by Crippen LogP contribution is 2.42. The van der Waals surface area contributed by atoms with Crippen LogP contribution in [-0.4, -0.2) is 39.9 Å². The number of ether oxygens (including phenoxy) is 5. The Bertz CT molecular complexity index is 883. The van der Waals surface area contributed by atoms with E-state index >= 15 is 0 Å². The van der Waals surface area contributed by atoms with E-state index in [9.17, 15) is 4.79 Å². The van der Waals surface area contributed by atoms with Gasteiger partial charge in [0.1, 0.15) is 17.1 Å². The summed E-state index contributed by atoms with van der Waals surface area (Å²) in [5, 5.41) is 3.11. The summed E-state index contributed by atoms with van der Waals surface area (Å²) in [7, 11) is 6.17. The van der Waals surface area contributed by atoms with Crippen molar-refractivity contribution in [2.24, 2.45) is 0 Å². The van der Waals surface area contributed by atoms with Crippen molar-refractivity contribution >= 4 is 5.91 Å². The van der Waals surface area contributed by atoms with Crippen molar-refractivity contribution in [3.05, 3.63) is 41.5 Å². The molecule has 0 aliphatic carbocycles. The van der Waals surface area contributed by atoms with Crippen molar-refractivity contribution in [2.45, 2.75) is 31.9 Å². The predicted molar refractivity (Wildman–Crippen MR) is 109 cm³/mol. The fourth-order valence-electron chi connectivity index (χ4n) is 3.54. The average Bonchev–Trinajstić information content (AvgIpc) is 2.71. The van der Waals surface area contributed by atoms with Crippen LogP contribution in [0.25, 0.3) is 0 Å². The van der Waals surface area contributed by atoms with Gasteiger partial charge in [-0.1, -0.05) is 0 Å². The molecule has 29 heavy (non-hydrogen) atoms. The predicted octanol–water partition coefficient (Wildman–Crippen LogP) is 3.75. The van der Waals surface area contributed by atoms with Crippen LogP contribution in [0.4, 0.5) is 0 Å². The Morgan fingerprint density at radius 2 is 1.66 bits per heavy atom. The molecule has 1 aliphatic heterocycles. The van der Waals surface area contributed by atoms with Gasteiger partial charge in [0, 0.05) is 17.5 Å². The van der Waals surface area contributed by atoms with Crippen LogP contribution < -0.4 is 29.0 Å². The Morgan fingerprint density at radius 3 is 2.21 bits per heavy atom. The quantitative estimate of drug-likeness (QED) is 0.795. The molecule has 1 N–H and O–H groups in total. The van der Waals surface area contributed by atoms with Crippen molar-refractivity contribution in [3.63, 3.8) is 0 Å². The molecule has 2 aromatic carbocycles. The molecule has 1 amide bonds. The first-order chi connectivity index (χ1) is 13.8. The first-order valence-electron chi connectivity index (χ1n) is 9.29. The number of carbonyl (C=O) groups excluding carboxylic acids is 1. The summed E-state index contributed by atoms with van der Waals surface area (Å²) in [5.74, 6) is 2.48. The minimum atomic E-state index is -0.422. The first-order valence-corrected chi connectivity index (χ1v) is 9.29. The Labute approximate surface area is 170 Å². The van der Waals surface area contributed by atoms with Gasteiger partial charge >= 0.3 is 0 Å². The molecule has 7 heteroatoms. The van der Waals surface area contributed by atoms with Crippen molar-refractivity contribution in [1.29, 1.82) is 0 Å². The van der Waals surface area contributed by atoms with E-state index in [0.717, 1.165) is 11.3 Å². The zero-order valence-corrected chi connectivity index (χ0v) is 17.6. The molecule has 156 valence electrons. The highest BCUT2D eigenvalue weighted by Gasteiger charge is 2.35. The highest BCUT2D eigenvalue weighted by molar-refractivity contribution is 5.96. The second-order valence-electron chi connectivity index (χ2n) is 7.41. The fourth-order valence-corrected chi connectivity index (χ4v) is 3.54. The molecule has 0 saturated carbocycles. The number of methoxy groups -OCH3 is 4. The summed E-state index contributed by atoms with van der Waals surface area (Å²) in [6, 6.07) is 8.63. The topological polar surface area (TPSA) is 75.3 Å². The SMILES string of the molecule is COc1ccc2c(c1)[C@H](NC(=O)c1cc(OC)c(OC)c(OC)c1)CC(C)(C)O2.